The van der Waals surface area contributed by atoms with E-state index >= 15 is 0 Å². The van der Waals surface area contributed by atoms with Gasteiger partial charge >= 0.3 is 0 Å². The lowest BCUT2D eigenvalue weighted by molar-refractivity contribution is -0.181. The van der Waals surface area contributed by atoms with Crippen LogP contribution < -0.4 is 0 Å². The van der Waals surface area contributed by atoms with Crippen molar-refractivity contribution in [3.05, 3.63) is 102 Å². The van der Waals surface area contributed by atoms with Gasteiger partial charge in [0.1, 0.15) is 0 Å². The fourth-order valence-corrected chi connectivity index (χ4v) is 10.6. The summed E-state index contributed by atoms with van der Waals surface area (Å²) in [4.78, 5) is 0.325. The number of nitrogens with zero attached hydrogens (tertiary/aromatic N) is 1. The van der Waals surface area contributed by atoms with Crippen LogP contribution in [0.3, 0.4) is 0 Å². The fraction of sp³-hybridized carbons (Fsp3) is 0.524. The van der Waals surface area contributed by atoms with E-state index in [4.69, 9.17) is 14.2 Å². The van der Waals surface area contributed by atoms with Gasteiger partial charge in [-0.1, -0.05) is 105 Å². The van der Waals surface area contributed by atoms with Crippen molar-refractivity contribution in [1.29, 1.82) is 0 Å². The van der Waals surface area contributed by atoms with Crippen molar-refractivity contribution in [2.45, 2.75) is 95.7 Å². The zero-order chi connectivity index (χ0) is 34.5. The van der Waals surface area contributed by atoms with E-state index in [1.165, 1.54) is 5.57 Å². The standard InChI is InChI=1S/C42H53NO5S/c1-5-6-21-38-35(22-23-36-29-42(47-26-27-48-42)25-24-41(36,38)4)18-14-13-15-33(3)40-39(46-31-34-16-9-7-10-17-34)28-32(2)30-43(40)49(44,45)37-19-11-8-12-20-37/h7-20,23,32-33,35,38-40H,21-22,24-31H2,1-4H3/b15-13+,18-14+/t32-,33-,35+,38-,39+,40-,41-/m0/s1. The number of benzene rings is 2. The summed E-state index contributed by atoms with van der Waals surface area (Å²) in [6.45, 7) is 10.9. The van der Waals surface area contributed by atoms with Gasteiger partial charge in [0.25, 0.3) is 0 Å². The van der Waals surface area contributed by atoms with Crippen LogP contribution in [0.15, 0.2) is 102 Å². The number of sulfonamides is 1. The maximum atomic E-state index is 14.2. The molecule has 0 radical (unpaired) electrons. The first-order valence-electron chi connectivity index (χ1n) is 18.1. The SMILES string of the molecule is CC#CC[C@H]1[C@H](/C=C/C=C/[C@H](C)[C@H]2[C@H](OCc3ccccc3)C[C@H](C)CN2S(=O)(=O)c2ccccc2)CC=C2CC3(CC[C@@]21C)OCCO3. The van der Waals surface area contributed by atoms with Crippen molar-refractivity contribution in [2.24, 2.45) is 29.1 Å². The molecule has 262 valence electrons. The lowest BCUT2D eigenvalue weighted by atomic mass is 9.55. The van der Waals surface area contributed by atoms with Crippen molar-refractivity contribution in [3.8, 4) is 11.8 Å². The number of fused-ring (bicyclic) bond motifs is 1. The van der Waals surface area contributed by atoms with Crippen molar-refractivity contribution in [3.63, 3.8) is 0 Å². The molecule has 2 aliphatic carbocycles. The second-order valence-electron chi connectivity index (χ2n) is 14.8. The minimum absolute atomic E-state index is 0.0586. The van der Waals surface area contributed by atoms with Gasteiger partial charge < -0.3 is 14.2 Å². The average Bonchev–Trinajstić information content (AvgIpc) is 3.57. The third-order valence-corrected chi connectivity index (χ3v) is 13.3. The van der Waals surface area contributed by atoms with Gasteiger partial charge in [0.15, 0.2) is 5.79 Å². The Bertz CT molecular complexity index is 1670. The predicted octanol–water partition coefficient (Wildman–Crippen LogP) is 8.33. The maximum absolute atomic E-state index is 14.2. The molecule has 6 rings (SSSR count). The van der Waals surface area contributed by atoms with Gasteiger partial charge in [-0.25, -0.2) is 8.42 Å². The van der Waals surface area contributed by atoms with Gasteiger partial charge in [-0.2, -0.15) is 4.31 Å². The normalized spacial score (nSPS) is 30.9. The van der Waals surface area contributed by atoms with Crippen LogP contribution in [0.25, 0.3) is 0 Å². The molecule has 2 aromatic rings. The molecule has 0 aromatic heterocycles. The topological polar surface area (TPSA) is 65.1 Å². The largest absolute Gasteiger partial charge is 0.372 e. The van der Waals surface area contributed by atoms with E-state index in [9.17, 15) is 8.42 Å². The Kier molecular flexibility index (Phi) is 11.3. The molecule has 2 aliphatic heterocycles. The molecule has 2 aromatic carbocycles. The summed E-state index contributed by atoms with van der Waals surface area (Å²) in [5, 5.41) is 0. The molecule has 0 unspecified atom stereocenters. The first kappa shape index (κ1) is 35.8. The Morgan fingerprint density at radius 3 is 2.47 bits per heavy atom. The van der Waals surface area contributed by atoms with Crippen LogP contribution in [0.4, 0.5) is 0 Å². The molecule has 3 fully saturated rings. The molecule has 2 heterocycles. The molecular formula is C42H53NO5S. The number of allylic oxidation sites excluding steroid dienone is 4. The third-order valence-electron chi connectivity index (χ3n) is 11.4. The maximum Gasteiger partial charge on any atom is 0.243 e. The van der Waals surface area contributed by atoms with Crippen LogP contribution in [-0.4, -0.2) is 50.4 Å². The minimum atomic E-state index is -3.73. The molecule has 0 N–H and O–H groups in total. The fourth-order valence-electron chi connectivity index (χ4n) is 8.70. The van der Waals surface area contributed by atoms with Crippen molar-refractivity contribution in [2.75, 3.05) is 19.8 Å². The first-order valence-corrected chi connectivity index (χ1v) is 19.5. The number of piperidine rings is 1. The Morgan fingerprint density at radius 1 is 1.04 bits per heavy atom. The average molecular weight is 684 g/mol. The van der Waals surface area contributed by atoms with E-state index < -0.39 is 15.8 Å². The molecule has 1 saturated carbocycles. The molecule has 0 amide bonds. The molecule has 0 bridgehead atoms. The molecule has 4 aliphatic rings. The van der Waals surface area contributed by atoms with Crippen LogP contribution >= 0.6 is 0 Å². The predicted molar refractivity (Wildman–Crippen MR) is 195 cm³/mol. The van der Waals surface area contributed by atoms with Crippen LogP contribution in [-0.2, 0) is 30.8 Å². The van der Waals surface area contributed by atoms with Gasteiger partial charge in [-0.3, -0.25) is 0 Å². The summed E-state index contributed by atoms with van der Waals surface area (Å²) in [6.07, 6.45) is 16.4. The van der Waals surface area contributed by atoms with Gasteiger partial charge in [0.2, 0.25) is 10.0 Å². The highest BCUT2D eigenvalue weighted by Gasteiger charge is 2.52. The number of rotatable bonds is 10. The number of hydrogen-bond acceptors (Lipinski definition) is 5. The summed E-state index contributed by atoms with van der Waals surface area (Å²) in [5.41, 5.74) is 2.61. The molecule has 49 heavy (non-hydrogen) atoms. The second kappa shape index (κ2) is 15.5. The molecule has 7 atom stereocenters. The number of hydrogen-bond donors (Lipinski definition) is 0. The molecule has 2 saturated heterocycles. The highest BCUT2D eigenvalue weighted by molar-refractivity contribution is 7.89. The zero-order valence-corrected chi connectivity index (χ0v) is 30.4. The molecule has 1 spiro atoms. The summed E-state index contributed by atoms with van der Waals surface area (Å²) < 4.78 is 48.8. The van der Waals surface area contributed by atoms with Crippen molar-refractivity contribution < 1.29 is 22.6 Å². The van der Waals surface area contributed by atoms with Crippen LogP contribution in [0.1, 0.15) is 71.8 Å². The van der Waals surface area contributed by atoms with E-state index in [0.29, 0.717) is 43.1 Å². The van der Waals surface area contributed by atoms with E-state index in [1.54, 1.807) is 28.6 Å². The Hall–Kier alpha value is -2.99. The Labute approximate surface area is 294 Å². The third kappa shape index (κ3) is 7.85. The quantitative estimate of drug-likeness (QED) is 0.143. The van der Waals surface area contributed by atoms with E-state index in [-0.39, 0.29) is 29.4 Å². The first-order chi connectivity index (χ1) is 23.6. The van der Waals surface area contributed by atoms with Crippen LogP contribution in [0.5, 0.6) is 0 Å². The lowest BCUT2D eigenvalue weighted by Crippen LogP contribution is -2.56. The van der Waals surface area contributed by atoms with Crippen molar-refractivity contribution in [1.82, 2.24) is 4.31 Å². The van der Waals surface area contributed by atoms with E-state index in [0.717, 1.165) is 44.1 Å². The minimum Gasteiger partial charge on any atom is -0.372 e. The molecule has 7 heteroatoms. The second-order valence-corrected chi connectivity index (χ2v) is 16.6. The molecular weight excluding hydrogens is 631 g/mol. The zero-order valence-electron chi connectivity index (χ0n) is 29.6. The highest BCUT2D eigenvalue weighted by Crippen LogP contribution is 2.57. The monoisotopic (exact) mass is 683 g/mol. The summed E-state index contributed by atoms with van der Waals surface area (Å²) in [6, 6.07) is 18.6. The summed E-state index contributed by atoms with van der Waals surface area (Å²) in [5.74, 6) is 6.99. The van der Waals surface area contributed by atoms with Crippen molar-refractivity contribution >= 4 is 10.0 Å². The van der Waals surface area contributed by atoms with Crippen LogP contribution in [0, 0.1) is 40.9 Å². The van der Waals surface area contributed by atoms with Gasteiger partial charge in [-0.15, -0.1) is 11.8 Å². The van der Waals surface area contributed by atoms with Crippen LogP contribution in [0.2, 0.25) is 0 Å². The number of ether oxygens (including phenoxy) is 3. The highest BCUT2D eigenvalue weighted by atomic mass is 32.2. The summed E-state index contributed by atoms with van der Waals surface area (Å²) in [7, 11) is -3.73. The smallest absolute Gasteiger partial charge is 0.243 e. The Balaban J connectivity index is 1.23. The van der Waals surface area contributed by atoms with Gasteiger partial charge in [0, 0.05) is 25.8 Å². The lowest BCUT2D eigenvalue weighted by Gasteiger charge is -2.51. The van der Waals surface area contributed by atoms with Gasteiger partial charge in [-0.05, 0) is 73.0 Å². The van der Waals surface area contributed by atoms with Gasteiger partial charge in [0.05, 0.1) is 36.9 Å². The van der Waals surface area contributed by atoms with E-state index in [1.807, 2.05) is 31.2 Å². The summed E-state index contributed by atoms with van der Waals surface area (Å²) >= 11 is 0. The molecule has 6 nitrogen and oxygen atoms in total. The van der Waals surface area contributed by atoms with E-state index in [2.05, 4.69) is 75.1 Å². The Morgan fingerprint density at radius 2 is 1.76 bits per heavy atom.